The zero-order chi connectivity index (χ0) is 23.7. The number of halogens is 3. The smallest absolute Gasteiger partial charge is 0.471 e. The second-order valence-electron chi connectivity index (χ2n) is 8.47. The molecule has 1 aromatic rings. The molecule has 12 heteroatoms. The molecule has 0 spiro atoms. The van der Waals surface area contributed by atoms with Crippen molar-refractivity contribution in [3.63, 3.8) is 0 Å². The minimum absolute atomic E-state index is 0.0654. The van der Waals surface area contributed by atoms with E-state index in [1.165, 1.54) is 17.4 Å². The van der Waals surface area contributed by atoms with E-state index in [1.807, 2.05) is 17.5 Å². The summed E-state index contributed by atoms with van der Waals surface area (Å²) < 4.78 is 39.0. The number of carbonyl (C=O) groups excluding carboxylic acids is 3. The zero-order valence-corrected chi connectivity index (χ0v) is 17.9. The fraction of sp³-hybridized carbons (Fsp3) is 0.429. The molecule has 3 fully saturated rings. The average molecular weight is 481 g/mol. The van der Waals surface area contributed by atoms with Crippen LogP contribution in [0.1, 0.15) is 17.7 Å². The Bertz CT molecular complexity index is 1130. The van der Waals surface area contributed by atoms with Gasteiger partial charge in [-0.1, -0.05) is 6.07 Å². The molecule has 0 bridgehead atoms. The van der Waals surface area contributed by atoms with Crippen LogP contribution in [0, 0.1) is 5.92 Å². The Labute approximate surface area is 189 Å². The fourth-order valence-corrected chi connectivity index (χ4v) is 5.95. The molecule has 5 rings (SSSR count). The van der Waals surface area contributed by atoms with Crippen molar-refractivity contribution in [3.05, 3.63) is 45.3 Å². The Morgan fingerprint density at radius 1 is 1.27 bits per heavy atom. The molecule has 2 unspecified atom stereocenters. The third kappa shape index (κ3) is 3.35. The average Bonchev–Trinajstić information content (AvgIpc) is 3.45. The van der Waals surface area contributed by atoms with Gasteiger partial charge in [-0.05, 0) is 35.9 Å². The summed E-state index contributed by atoms with van der Waals surface area (Å²) in [6, 6.07) is 1.69. The molecule has 8 nitrogen and oxygen atoms in total. The van der Waals surface area contributed by atoms with Crippen molar-refractivity contribution in [3.8, 4) is 0 Å². The number of hydrogen-bond donors (Lipinski definition) is 1. The number of amides is 3. The Hall–Kier alpha value is -3.15. The minimum atomic E-state index is -5.12. The number of alkyl halides is 3. The summed E-state index contributed by atoms with van der Waals surface area (Å²) in [6.45, 7) is 0.598. The summed E-state index contributed by atoms with van der Waals surface area (Å²) in [5.41, 5.74) is 0.290. The highest BCUT2D eigenvalue weighted by atomic mass is 32.1. The molecule has 0 aromatic carbocycles. The van der Waals surface area contributed by atoms with Gasteiger partial charge in [-0.15, -0.1) is 11.3 Å². The molecule has 33 heavy (non-hydrogen) atoms. The predicted octanol–water partition coefficient (Wildman–Crippen LogP) is 1.75. The van der Waals surface area contributed by atoms with Crippen LogP contribution >= 0.6 is 11.3 Å². The highest BCUT2D eigenvalue weighted by Crippen LogP contribution is 2.48. The van der Waals surface area contributed by atoms with Gasteiger partial charge in [0.2, 0.25) is 5.91 Å². The zero-order valence-electron chi connectivity index (χ0n) is 17.0. The molecule has 1 aromatic heterocycles. The van der Waals surface area contributed by atoms with Gasteiger partial charge in [-0.2, -0.15) is 13.2 Å². The first-order chi connectivity index (χ1) is 15.6. The molecular formula is C21H18F3N3O5S. The van der Waals surface area contributed by atoms with Gasteiger partial charge in [0.15, 0.2) is 0 Å². The first-order valence-corrected chi connectivity index (χ1v) is 11.2. The maximum absolute atomic E-state index is 13.0. The van der Waals surface area contributed by atoms with Gasteiger partial charge in [0.25, 0.3) is 5.91 Å². The number of β-lactam (4-membered cyclic amide) rings is 1. The Morgan fingerprint density at radius 3 is 2.67 bits per heavy atom. The minimum Gasteiger partial charge on any atom is -0.477 e. The summed E-state index contributed by atoms with van der Waals surface area (Å²) in [5.74, 6) is -5.11. The highest BCUT2D eigenvalue weighted by molar-refractivity contribution is 7.09. The number of hydrogen-bond acceptors (Lipinski definition) is 5. The maximum Gasteiger partial charge on any atom is 0.471 e. The number of nitrogens with zero attached hydrogens (tertiary/aromatic N) is 3. The van der Waals surface area contributed by atoms with E-state index in [0.717, 1.165) is 9.78 Å². The van der Waals surface area contributed by atoms with Gasteiger partial charge in [0.05, 0.1) is 12.6 Å². The summed E-state index contributed by atoms with van der Waals surface area (Å²) >= 11 is 1.52. The Morgan fingerprint density at radius 2 is 2.03 bits per heavy atom. The molecule has 5 heterocycles. The van der Waals surface area contributed by atoms with E-state index in [0.29, 0.717) is 30.0 Å². The lowest BCUT2D eigenvalue weighted by atomic mass is 9.79. The number of carboxylic acid groups (broad SMARTS) is 1. The van der Waals surface area contributed by atoms with Crippen molar-refractivity contribution in [1.82, 2.24) is 14.7 Å². The van der Waals surface area contributed by atoms with Gasteiger partial charge in [0, 0.05) is 29.5 Å². The van der Waals surface area contributed by atoms with Crippen molar-refractivity contribution in [2.24, 2.45) is 5.92 Å². The van der Waals surface area contributed by atoms with Crippen LogP contribution in [0.4, 0.5) is 13.2 Å². The molecule has 0 aliphatic carbocycles. The predicted molar refractivity (Wildman–Crippen MR) is 107 cm³/mol. The third-order valence-electron chi connectivity index (χ3n) is 6.58. The van der Waals surface area contributed by atoms with Gasteiger partial charge in [0.1, 0.15) is 11.7 Å². The highest BCUT2D eigenvalue weighted by Gasteiger charge is 2.66. The standard InChI is InChI=1S/C21H18F3N3O5S/c22-21(23,24)20(32)26-8-12-7-11(15(19(30)31)27-14(12)16(26)18(27)29)6-10-3-4-25(17(10)28)9-13-2-1-5-33-13/h1-2,5-6,12,14,16H,3-4,7-9H2,(H,30,31)/b10-6+/t12?,14-,16?/m1/s1. The largest absolute Gasteiger partial charge is 0.477 e. The van der Waals surface area contributed by atoms with Crippen molar-refractivity contribution in [1.29, 1.82) is 0 Å². The molecule has 3 saturated heterocycles. The second kappa shape index (κ2) is 7.44. The van der Waals surface area contributed by atoms with E-state index in [2.05, 4.69) is 0 Å². The van der Waals surface area contributed by atoms with Crippen molar-refractivity contribution in [2.75, 3.05) is 13.1 Å². The number of thiophene rings is 1. The molecule has 4 aliphatic heterocycles. The molecule has 174 valence electrons. The summed E-state index contributed by atoms with van der Waals surface area (Å²) in [6.07, 6.45) is -3.20. The van der Waals surface area contributed by atoms with Crippen molar-refractivity contribution in [2.45, 2.75) is 37.6 Å². The van der Waals surface area contributed by atoms with E-state index < -0.39 is 42.0 Å². The number of rotatable bonds is 4. The fourth-order valence-electron chi connectivity index (χ4n) is 5.23. The number of aliphatic carboxylic acids is 1. The number of allylic oxidation sites excluding steroid dienone is 2. The number of carbonyl (C=O) groups is 4. The number of carboxylic acids is 1. The third-order valence-corrected chi connectivity index (χ3v) is 7.44. The van der Waals surface area contributed by atoms with E-state index in [-0.39, 0.29) is 30.1 Å². The van der Waals surface area contributed by atoms with Crippen LogP contribution < -0.4 is 0 Å². The molecule has 1 N–H and O–H groups in total. The van der Waals surface area contributed by atoms with Crippen molar-refractivity contribution < 1.29 is 37.5 Å². The van der Waals surface area contributed by atoms with E-state index in [1.54, 1.807) is 4.90 Å². The molecular weight excluding hydrogens is 463 g/mol. The van der Waals surface area contributed by atoms with Crippen LogP contribution in [0.15, 0.2) is 40.4 Å². The maximum atomic E-state index is 13.0. The van der Waals surface area contributed by atoms with E-state index in [4.69, 9.17) is 0 Å². The van der Waals surface area contributed by atoms with E-state index in [9.17, 15) is 37.5 Å². The Kier molecular flexibility index (Phi) is 4.89. The first kappa shape index (κ1) is 21.7. The van der Waals surface area contributed by atoms with E-state index >= 15 is 0 Å². The van der Waals surface area contributed by atoms with Gasteiger partial charge in [-0.3, -0.25) is 19.3 Å². The lowest BCUT2D eigenvalue weighted by molar-refractivity contribution is -0.190. The Balaban J connectivity index is 1.43. The van der Waals surface area contributed by atoms with Gasteiger partial charge < -0.3 is 14.9 Å². The van der Waals surface area contributed by atoms with Gasteiger partial charge in [-0.25, -0.2) is 4.79 Å². The normalized spacial score (nSPS) is 28.0. The molecule has 3 amide bonds. The SMILES string of the molecule is O=C(O)C1=C(/C=C2\CCN(Cc3cccs3)C2=O)CC2CN(C(=O)C(F)(F)F)C3C(=O)N1[C@H]23. The van der Waals surface area contributed by atoms with Crippen LogP contribution in [0.25, 0.3) is 0 Å². The number of likely N-dealkylation sites (tertiary alicyclic amines) is 2. The van der Waals surface area contributed by atoms with Crippen LogP contribution in [-0.4, -0.2) is 74.8 Å². The molecule has 3 atom stereocenters. The monoisotopic (exact) mass is 481 g/mol. The molecule has 0 saturated carbocycles. The van der Waals surface area contributed by atoms with Crippen LogP contribution in [0.5, 0.6) is 0 Å². The summed E-state index contributed by atoms with van der Waals surface area (Å²) in [4.78, 5) is 53.5. The molecule has 0 radical (unpaired) electrons. The van der Waals surface area contributed by atoms with Crippen LogP contribution in [0.3, 0.4) is 0 Å². The first-order valence-electron chi connectivity index (χ1n) is 10.3. The summed E-state index contributed by atoms with van der Waals surface area (Å²) in [7, 11) is 0. The van der Waals surface area contributed by atoms with Crippen LogP contribution in [-0.2, 0) is 25.7 Å². The lowest BCUT2D eigenvalue weighted by Crippen LogP contribution is -2.70. The van der Waals surface area contributed by atoms with Gasteiger partial charge >= 0.3 is 18.1 Å². The molecule has 4 aliphatic rings. The van der Waals surface area contributed by atoms with Crippen LogP contribution in [0.2, 0.25) is 0 Å². The lowest BCUT2D eigenvalue weighted by Gasteiger charge is -2.49. The topological polar surface area (TPSA) is 98.2 Å². The quantitative estimate of drug-likeness (QED) is 0.522. The van der Waals surface area contributed by atoms with Crippen molar-refractivity contribution >= 4 is 35.0 Å². The summed E-state index contributed by atoms with van der Waals surface area (Å²) in [5, 5.41) is 11.7. The second-order valence-corrected chi connectivity index (χ2v) is 9.50.